The third-order valence-corrected chi connectivity index (χ3v) is 3.75. The Morgan fingerprint density at radius 3 is 2.10 bits per heavy atom. The maximum atomic E-state index is 13.0. The van der Waals surface area contributed by atoms with Crippen molar-refractivity contribution in [1.82, 2.24) is 5.32 Å². The Hall–Kier alpha value is -1.87. The van der Waals surface area contributed by atoms with Crippen LogP contribution in [0.1, 0.15) is 43.5 Å². The van der Waals surface area contributed by atoms with Gasteiger partial charge in [-0.2, -0.15) is 0 Å². The summed E-state index contributed by atoms with van der Waals surface area (Å²) in [5, 5.41) is 3.59. The summed E-state index contributed by atoms with van der Waals surface area (Å²) in [5.74, 6) is 0.660. The number of nitrogens with one attached hydrogen (secondary N) is 1. The van der Waals surface area contributed by atoms with Crippen molar-refractivity contribution in [2.45, 2.75) is 32.4 Å². The Bertz CT molecular complexity index is 550. The van der Waals surface area contributed by atoms with Crippen LogP contribution in [0.5, 0.6) is 5.75 Å². The van der Waals surface area contributed by atoms with E-state index in [4.69, 9.17) is 4.74 Å². The topological polar surface area (TPSA) is 21.3 Å². The van der Waals surface area contributed by atoms with Crippen LogP contribution < -0.4 is 10.1 Å². The number of methoxy groups -OCH3 is 1. The molecule has 2 atom stereocenters. The van der Waals surface area contributed by atoms with Crippen molar-refractivity contribution in [1.29, 1.82) is 0 Å². The van der Waals surface area contributed by atoms with E-state index in [1.807, 2.05) is 24.3 Å². The summed E-state index contributed by atoms with van der Waals surface area (Å²) in [7, 11) is 1.67. The summed E-state index contributed by atoms with van der Waals surface area (Å²) in [6, 6.07) is 15.2. The number of rotatable bonds is 6. The highest BCUT2D eigenvalue weighted by atomic mass is 19.1. The number of hydrogen-bond acceptors (Lipinski definition) is 2. The molecule has 2 nitrogen and oxygen atoms in total. The van der Waals surface area contributed by atoms with E-state index in [1.165, 1.54) is 17.7 Å². The fourth-order valence-corrected chi connectivity index (χ4v) is 2.44. The van der Waals surface area contributed by atoms with E-state index >= 15 is 0 Å². The van der Waals surface area contributed by atoms with E-state index in [-0.39, 0.29) is 17.9 Å². The second-order valence-corrected chi connectivity index (χ2v) is 5.17. The summed E-state index contributed by atoms with van der Waals surface area (Å²) < 4.78 is 18.2. The van der Waals surface area contributed by atoms with Crippen LogP contribution in [0.15, 0.2) is 48.5 Å². The summed E-state index contributed by atoms with van der Waals surface area (Å²) in [4.78, 5) is 0. The number of hydrogen-bond donors (Lipinski definition) is 1. The average molecular weight is 287 g/mol. The van der Waals surface area contributed by atoms with Crippen LogP contribution in [0.2, 0.25) is 0 Å². The lowest BCUT2D eigenvalue weighted by Gasteiger charge is -2.23. The van der Waals surface area contributed by atoms with Gasteiger partial charge in [-0.15, -0.1) is 0 Å². The molecule has 0 saturated heterocycles. The first-order chi connectivity index (χ1) is 10.1. The molecule has 0 aliphatic heterocycles. The van der Waals surface area contributed by atoms with Crippen LogP contribution in [-0.4, -0.2) is 7.11 Å². The first kappa shape index (κ1) is 15.5. The van der Waals surface area contributed by atoms with Crippen molar-refractivity contribution < 1.29 is 9.13 Å². The van der Waals surface area contributed by atoms with Crippen molar-refractivity contribution in [2.75, 3.05) is 7.11 Å². The van der Waals surface area contributed by atoms with Gasteiger partial charge in [0.25, 0.3) is 0 Å². The maximum absolute atomic E-state index is 13.0. The van der Waals surface area contributed by atoms with Crippen LogP contribution in [0.3, 0.4) is 0 Å². The molecule has 2 aromatic carbocycles. The largest absolute Gasteiger partial charge is 0.497 e. The summed E-state index contributed by atoms with van der Waals surface area (Å²) >= 11 is 0. The zero-order valence-electron chi connectivity index (χ0n) is 12.8. The molecular formula is C18H22FNO. The normalized spacial score (nSPS) is 13.7. The molecule has 0 spiro atoms. The van der Waals surface area contributed by atoms with E-state index < -0.39 is 0 Å². The molecule has 0 amide bonds. The highest BCUT2D eigenvalue weighted by Crippen LogP contribution is 2.23. The van der Waals surface area contributed by atoms with Crippen molar-refractivity contribution in [3.8, 4) is 5.75 Å². The smallest absolute Gasteiger partial charge is 0.123 e. The molecule has 21 heavy (non-hydrogen) atoms. The first-order valence-corrected chi connectivity index (χ1v) is 7.29. The number of halogens is 1. The molecule has 0 radical (unpaired) electrons. The van der Waals surface area contributed by atoms with Crippen molar-refractivity contribution in [3.63, 3.8) is 0 Å². The molecular weight excluding hydrogens is 265 g/mol. The average Bonchev–Trinajstić information content (AvgIpc) is 2.53. The fraction of sp³-hybridized carbons (Fsp3) is 0.333. The van der Waals surface area contributed by atoms with Gasteiger partial charge in [-0.1, -0.05) is 31.2 Å². The fourth-order valence-electron chi connectivity index (χ4n) is 2.44. The Morgan fingerprint density at radius 2 is 1.57 bits per heavy atom. The van der Waals surface area contributed by atoms with E-state index in [2.05, 4.69) is 31.3 Å². The lowest BCUT2D eigenvalue weighted by atomic mass is 10.0. The molecule has 1 N–H and O–H groups in total. The number of ether oxygens (including phenoxy) is 1. The van der Waals surface area contributed by atoms with Crippen molar-refractivity contribution in [3.05, 3.63) is 65.5 Å². The summed E-state index contributed by atoms with van der Waals surface area (Å²) in [6.45, 7) is 4.26. The minimum Gasteiger partial charge on any atom is -0.497 e. The summed E-state index contributed by atoms with van der Waals surface area (Å²) in [6.07, 6.45) is 0.951. The van der Waals surface area contributed by atoms with Gasteiger partial charge < -0.3 is 10.1 Å². The van der Waals surface area contributed by atoms with Crippen LogP contribution in [0.25, 0.3) is 0 Å². The third kappa shape index (κ3) is 4.05. The van der Waals surface area contributed by atoms with Gasteiger partial charge in [0, 0.05) is 12.1 Å². The van der Waals surface area contributed by atoms with Gasteiger partial charge in [-0.3, -0.25) is 0 Å². The minimum atomic E-state index is -0.197. The molecule has 0 aromatic heterocycles. The molecule has 0 fully saturated rings. The zero-order valence-corrected chi connectivity index (χ0v) is 12.8. The molecule has 112 valence electrons. The maximum Gasteiger partial charge on any atom is 0.123 e. The lowest BCUT2D eigenvalue weighted by Crippen LogP contribution is -2.24. The Morgan fingerprint density at radius 1 is 1.00 bits per heavy atom. The second-order valence-electron chi connectivity index (χ2n) is 5.17. The molecule has 0 saturated carbocycles. The SMILES string of the molecule is CCC(NC(C)c1ccc(OC)cc1)c1ccc(F)cc1. The molecule has 0 aliphatic rings. The van der Waals surface area contributed by atoms with Gasteiger partial charge in [0.1, 0.15) is 11.6 Å². The Kier molecular flexibility index (Phi) is 5.34. The molecule has 3 heteroatoms. The zero-order chi connectivity index (χ0) is 15.2. The molecule has 2 rings (SSSR count). The van der Waals surface area contributed by atoms with Gasteiger partial charge in [0.15, 0.2) is 0 Å². The van der Waals surface area contributed by atoms with Gasteiger partial charge in [-0.25, -0.2) is 4.39 Å². The van der Waals surface area contributed by atoms with Gasteiger partial charge in [-0.05, 0) is 48.7 Å². The molecule has 2 unspecified atom stereocenters. The molecule has 0 heterocycles. The standard InChI is InChI=1S/C18H22FNO/c1-4-18(15-5-9-16(19)10-6-15)20-13(2)14-7-11-17(21-3)12-8-14/h5-13,18,20H,4H2,1-3H3. The van der Waals surface area contributed by atoms with E-state index in [0.29, 0.717) is 0 Å². The quantitative estimate of drug-likeness (QED) is 0.836. The molecule has 0 bridgehead atoms. The van der Waals surface area contributed by atoms with Crippen molar-refractivity contribution in [2.24, 2.45) is 0 Å². The predicted molar refractivity (Wildman–Crippen MR) is 84.0 cm³/mol. The predicted octanol–water partition coefficient (Wildman–Crippen LogP) is 4.64. The highest BCUT2D eigenvalue weighted by molar-refractivity contribution is 5.29. The van der Waals surface area contributed by atoms with Crippen LogP contribution in [0.4, 0.5) is 4.39 Å². The van der Waals surface area contributed by atoms with E-state index in [0.717, 1.165) is 17.7 Å². The van der Waals surface area contributed by atoms with Gasteiger partial charge in [0.05, 0.1) is 7.11 Å². The minimum absolute atomic E-state index is 0.197. The van der Waals surface area contributed by atoms with Crippen LogP contribution in [-0.2, 0) is 0 Å². The molecule has 0 aliphatic carbocycles. The second kappa shape index (κ2) is 7.23. The lowest BCUT2D eigenvalue weighted by molar-refractivity contribution is 0.413. The summed E-state index contributed by atoms with van der Waals surface area (Å²) in [5.41, 5.74) is 2.32. The Balaban J connectivity index is 2.08. The monoisotopic (exact) mass is 287 g/mol. The molecule has 2 aromatic rings. The third-order valence-electron chi connectivity index (χ3n) is 3.75. The Labute approximate surface area is 126 Å². The van der Waals surface area contributed by atoms with Gasteiger partial charge >= 0.3 is 0 Å². The van der Waals surface area contributed by atoms with Crippen molar-refractivity contribution >= 4 is 0 Å². The van der Waals surface area contributed by atoms with E-state index in [9.17, 15) is 4.39 Å². The van der Waals surface area contributed by atoms with Crippen LogP contribution in [0, 0.1) is 5.82 Å². The highest BCUT2D eigenvalue weighted by Gasteiger charge is 2.14. The van der Waals surface area contributed by atoms with Crippen LogP contribution >= 0.6 is 0 Å². The van der Waals surface area contributed by atoms with Gasteiger partial charge in [0.2, 0.25) is 0 Å². The number of benzene rings is 2. The first-order valence-electron chi connectivity index (χ1n) is 7.29. The van der Waals surface area contributed by atoms with E-state index in [1.54, 1.807) is 7.11 Å².